The molecule has 0 bridgehead atoms. The summed E-state index contributed by atoms with van der Waals surface area (Å²) in [5.41, 5.74) is 4.53. The Hall–Kier alpha value is -6.17. The van der Waals surface area contributed by atoms with Crippen molar-refractivity contribution >= 4 is 57.3 Å². The first-order valence-electron chi connectivity index (χ1n) is 21.6. The van der Waals surface area contributed by atoms with Gasteiger partial charge in [-0.3, -0.25) is 43.7 Å². The third-order valence-corrected chi connectivity index (χ3v) is 13.1. The van der Waals surface area contributed by atoms with Crippen molar-refractivity contribution in [3.8, 4) is 5.75 Å². The molecule has 5 aliphatic rings. The normalized spacial score (nSPS) is 22.7. The Morgan fingerprint density at radius 2 is 1.41 bits per heavy atom. The van der Waals surface area contributed by atoms with E-state index in [9.17, 15) is 24.0 Å². The molecule has 1 N–H and O–H groups in total. The topological polar surface area (TPSA) is 140 Å². The van der Waals surface area contributed by atoms with Crippen LogP contribution in [0.4, 0.5) is 17.1 Å². The molecule has 9 rings (SSSR count). The maximum atomic E-state index is 13.3. The van der Waals surface area contributed by atoms with Gasteiger partial charge in [0.15, 0.2) is 5.78 Å². The van der Waals surface area contributed by atoms with Gasteiger partial charge in [0.2, 0.25) is 5.69 Å². The number of piperazine rings is 2. The lowest BCUT2D eigenvalue weighted by atomic mass is 9.92. The van der Waals surface area contributed by atoms with Gasteiger partial charge < -0.3 is 19.9 Å². The molecule has 4 fully saturated rings. The number of ether oxygens (including phenoxy) is 1. The summed E-state index contributed by atoms with van der Waals surface area (Å²) in [5.74, 6) is -0.691. The fourth-order valence-electron chi connectivity index (χ4n) is 9.52. The molecule has 3 amide bonds. The van der Waals surface area contributed by atoms with Gasteiger partial charge in [-0.25, -0.2) is 4.85 Å². The van der Waals surface area contributed by atoms with Crippen molar-refractivity contribution in [1.82, 2.24) is 25.0 Å². The molecule has 314 valence electrons. The average molecular weight is 823 g/mol. The van der Waals surface area contributed by atoms with Crippen LogP contribution in [0.5, 0.6) is 5.75 Å². The number of anilines is 2. The molecule has 1 unspecified atom stereocenters. The summed E-state index contributed by atoms with van der Waals surface area (Å²) >= 11 is 0. The molecule has 0 radical (unpaired) electrons. The molecular formula is C47H50N8O6. The van der Waals surface area contributed by atoms with Crippen LogP contribution in [-0.4, -0.2) is 133 Å². The van der Waals surface area contributed by atoms with E-state index in [1.807, 2.05) is 36.4 Å². The maximum Gasteiger partial charge on any atom is 0.262 e. The molecule has 61 heavy (non-hydrogen) atoms. The summed E-state index contributed by atoms with van der Waals surface area (Å²) in [6, 6.07) is 20.0. The van der Waals surface area contributed by atoms with E-state index in [-0.39, 0.29) is 48.9 Å². The van der Waals surface area contributed by atoms with E-state index in [1.165, 1.54) is 0 Å². The van der Waals surface area contributed by atoms with Crippen LogP contribution < -0.4 is 19.9 Å². The quantitative estimate of drug-likeness (QED) is 0.129. The highest BCUT2D eigenvalue weighted by molar-refractivity contribution is 6.24. The van der Waals surface area contributed by atoms with Crippen LogP contribution in [0.15, 0.2) is 72.9 Å². The van der Waals surface area contributed by atoms with Gasteiger partial charge in [-0.05, 0) is 92.8 Å². The number of Topliss-reactive ketones (excluding diaryl/α,β-unsaturated/α-hetero) is 2. The van der Waals surface area contributed by atoms with Crippen LogP contribution in [0.1, 0.15) is 76.0 Å². The molecule has 3 aliphatic heterocycles. The standard InChI is InChI=1S/C47H50N8O6/c1-48-40-15-17-43(38-3-2-18-49-44(38)40)61-36-12-6-32(7-13-36)50-45(58)31-4-8-33(9-5-31)53-25-21-51(22-26-53)19-20-52-23-27-54(28-24-52)34-10-14-37-39(29-34)47(60)55(46(37)59)41-16-11-35(56)30-42(41)57/h2-5,8-10,14-15,17-18,29,32,36,41H,6-7,11-13,16,19-28,30H2,(H,50,58). The summed E-state index contributed by atoms with van der Waals surface area (Å²) in [6.45, 7) is 16.6. The zero-order chi connectivity index (χ0) is 42.0. The number of rotatable bonds is 10. The third-order valence-electron chi connectivity index (χ3n) is 13.1. The van der Waals surface area contributed by atoms with Gasteiger partial charge in [-0.1, -0.05) is 6.07 Å². The second-order valence-electron chi connectivity index (χ2n) is 16.8. The molecule has 1 aromatic heterocycles. The van der Waals surface area contributed by atoms with Gasteiger partial charge in [0.25, 0.3) is 17.7 Å². The Kier molecular flexibility index (Phi) is 11.5. The van der Waals surface area contributed by atoms with Crippen LogP contribution in [0.2, 0.25) is 0 Å². The number of pyridine rings is 1. The van der Waals surface area contributed by atoms with Gasteiger partial charge in [-0.15, -0.1) is 0 Å². The molecule has 1 atom stereocenters. The minimum Gasteiger partial charge on any atom is -0.490 e. The molecule has 14 nitrogen and oxygen atoms in total. The Balaban J connectivity index is 0.684. The van der Waals surface area contributed by atoms with Crippen molar-refractivity contribution in [3.05, 3.63) is 101 Å². The third kappa shape index (κ3) is 8.45. The number of imide groups is 1. The van der Waals surface area contributed by atoms with Crippen LogP contribution >= 0.6 is 0 Å². The lowest BCUT2D eigenvalue weighted by molar-refractivity contribution is -0.132. The number of hydrogen-bond acceptors (Lipinski definition) is 11. The molecular weight excluding hydrogens is 773 g/mol. The van der Waals surface area contributed by atoms with E-state index >= 15 is 0 Å². The van der Waals surface area contributed by atoms with Crippen molar-refractivity contribution in [1.29, 1.82) is 0 Å². The van der Waals surface area contributed by atoms with Gasteiger partial charge in [0.05, 0.1) is 41.8 Å². The Morgan fingerprint density at radius 3 is 2.08 bits per heavy atom. The smallest absolute Gasteiger partial charge is 0.262 e. The van der Waals surface area contributed by atoms with Gasteiger partial charge >= 0.3 is 0 Å². The highest BCUT2D eigenvalue weighted by Gasteiger charge is 2.44. The summed E-state index contributed by atoms with van der Waals surface area (Å²) in [5, 5.41) is 4.09. The largest absolute Gasteiger partial charge is 0.490 e. The highest BCUT2D eigenvalue weighted by Crippen LogP contribution is 2.35. The van der Waals surface area contributed by atoms with E-state index in [4.69, 9.17) is 11.3 Å². The molecule has 14 heteroatoms. The number of nitrogens with zero attached hydrogens (tertiary/aromatic N) is 7. The van der Waals surface area contributed by atoms with E-state index in [2.05, 4.69) is 46.9 Å². The predicted octanol–water partition coefficient (Wildman–Crippen LogP) is 5.14. The van der Waals surface area contributed by atoms with E-state index < -0.39 is 17.9 Å². The Bertz CT molecular complexity index is 2390. The molecule has 2 aliphatic carbocycles. The molecule has 2 saturated heterocycles. The summed E-state index contributed by atoms with van der Waals surface area (Å²) in [6.07, 6.45) is 5.27. The SMILES string of the molecule is [C-]#[N+]c1ccc(OC2CCC(NC(=O)c3ccc(N4CCN(CCN5CCN(c6ccc7c(c6)C(=O)N(C6CCC(=O)CC6=O)C7=O)CC5)CC4)cc3)CC2)c2cccnc12. The van der Waals surface area contributed by atoms with Gasteiger partial charge in [-0.2, -0.15) is 0 Å². The van der Waals surface area contributed by atoms with Gasteiger partial charge in [0, 0.05) is 106 Å². The number of amides is 3. The summed E-state index contributed by atoms with van der Waals surface area (Å²) < 4.78 is 6.38. The first-order valence-corrected chi connectivity index (χ1v) is 21.6. The number of carbonyl (C=O) groups excluding carboxylic acids is 5. The number of nitrogens with one attached hydrogen (secondary N) is 1. The fraction of sp³-hybridized carbons (Fsp3) is 0.426. The van der Waals surface area contributed by atoms with Crippen molar-refractivity contribution in [3.63, 3.8) is 0 Å². The lowest BCUT2D eigenvalue weighted by Crippen LogP contribution is -2.51. The fourth-order valence-corrected chi connectivity index (χ4v) is 9.52. The zero-order valence-corrected chi connectivity index (χ0v) is 34.3. The number of benzene rings is 3. The highest BCUT2D eigenvalue weighted by atomic mass is 16.5. The minimum absolute atomic E-state index is 0.0460. The monoisotopic (exact) mass is 822 g/mol. The number of carbonyl (C=O) groups is 5. The number of aromatic nitrogens is 1. The first kappa shape index (κ1) is 40.2. The molecule has 0 spiro atoms. The minimum atomic E-state index is -0.860. The number of fused-ring (bicyclic) bond motifs is 2. The predicted molar refractivity (Wildman–Crippen MR) is 230 cm³/mol. The first-order chi connectivity index (χ1) is 29.7. The summed E-state index contributed by atoms with van der Waals surface area (Å²) in [4.78, 5) is 82.7. The average Bonchev–Trinajstić information content (AvgIpc) is 3.54. The second-order valence-corrected chi connectivity index (χ2v) is 16.8. The van der Waals surface area contributed by atoms with E-state index in [0.717, 1.165) is 119 Å². The molecule has 4 heterocycles. The van der Waals surface area contributed by atoms with E-state index in [0.29, 0.717) is 27.9 Å². The van der Waals surface area contributed by atoms with Crippen molar-refractivity contribution in [2.24, 2.45) is 0 Å². The Morgan fingerprint density at radius 1 is 0.754 bits per heavy atom. The van der Waals surface area contributed by atoms with Crippen molar-refractivity contribution in [2.45, 2.75) is 63.1 Å². The Labute approximate surface area is 355 Å². The number of hydrogen-bond donors (Lipinski definition) is 1. The van der Waals surface area contributed by atoms with Crippen molar-refractivity contribution < 1.29 is 28.7 Å². The molecule has 4 aromatic rings. The van der Waals surface area contributed by atoms with Crippen LogP contribution in [0.25, 0.3) is 15.7 Å². The van der Waals surface area contributed by atoms with Gasteiger partial charge in [0.1, 0.15) is 11.5 Å². The second kappa shape index (κ2) is 17.4. The maximum absolute atomic E-state index is 13.3. The van der Waals surface area contributed by atoms with Crippen LogP contribution in [0, 0.1) is 6.57 Å². The zero-order valence-electron chi connectivity index (χ0n) is 34.3. The van der Waals surface area contributed by atoms with Crippen LogP contribution in [0.3, 0.4) is 0 Å². The lowest BCUT2D eigenvalue weighted by Gasteiger charge is -2.39. The van der Waals surface area contributed by atoms with E-state index in [1.54, 1.807) is 24.4 Å². The molecule has 3 aromatic carbocycles. The molecule has 2 saturated carbocycles. The van der Waals surface area contributed by atoms with Crippen molar-refractivity contribution in [2.75, 3.05) is 75.2 Å². The van der Waals surface area contributed by atoms with Crippen LogP contribution in [-0.2, 0) is 9.59 Å². The number of ketones is 2. The summed E-state index contributed by atoms with van der Waals surface area (Å²) in [7, 11) is 0.